The van der Waals surface area contributed by atoms with E-state index in [1.54, 1.807) is 25.4 Å². The minimum Gasteiger partial charge on any atom is -0.480 e. The monoisotopic (exact) mass is 432 g/mol. The van der Waals surface area contributed by atoms with E-state index >= 15 is 0 Å². The van der Waals surface area contributed by atoms with Crippen molar-refractivity contribution in [2.45, 2.75) is 12.8 Å². The van der Waals surface area contributed by atoms with E-state index in [4.69, 9.17) is 14.0 Å². The molecule has 160 valence electrons. The number of nitrogens with zero attached hydrogens (tertiary/aromatic N) is 6. The van der Waals surface area contributed by atoms with Gasteiger partial charge in [0.05, 0.1) is 35.7 Å². The molecule has 9 nitrogen and oxygen atoms in total. The second-order valence-electron chi connectivity index (χ2n) is 6.28. The Hall–Kier alpha value is -3.96. The van der Waals surface area contributed by atoms with Crippen LogP contribution >= 0.6 is 0 Å². The number of rotatable bonds is 6. The summed E-state index contributed by atoms with van der Waals surface area (Å²) in [5.74, 6) is 0.845. The molecule has 4 aromatic rings. The first-order valence-corrected chi connectivity index (χ1v) is 8.87. The number of pyridine rings is 2. The number of aryl methyl sites for hydroxylation is 1. The maximum absolute atomic E-state index is 12.7. The van der Waals surface area contributed by atoms with Gasteiger partial charge in [0.2, 0.25) is 17.6 Å². The molecule has 0 fully saturated rings. The van der Waals surface area contributed by atoms with Gasteiger partial charge in [-0.25, -0.2) is 9.97 Å². The van der Waals surface area contributed by atoms with Gasteiger partial charge in [-0.3, -0.25) is 4.68 Å². The van der Waals surface area contributed by atoms with Crippen molar-refractivity contribution in [1.29, 1.82) is 0 Å². The van der Waals surface area contributed by atoms with Crippen molar-refractivity contribution in [2.75, 3.05) is 7.11 Å². The second kappa shape index (κ2) is 8.05. The molecule has 0 aliphatic rings. The lowest BCUT2D eigenvalue weighted by molar-refractivity contribution is -0.137. The van der Waals surface area contributed by atoms with Crippen LogP contribution in [0.2, 0.25) is 0 Å². The number of aromatic nitrogens is 6. The van der Waals surface area contributed by atoms with Gasteiger partial charge in [-0.1, -0.05) is 5.16 Å². The second-order valence-corrected chi connectivity index (χ2v) is 6.28. The summed E-state index contributed by atoms with van der Waals surface area (Å²) in [6.45, 7) is -0.0296. The third-order valence-electron chi connectivity index (χ3n) is 4.34. The Balaban J connectivity index is 1.55. The highest BCUT2D eigenvalue weighted by Crippen LogP contribution is 2.31. The topological polar surface area (TPSA) is 101 Å². The van der Waals surface area contributed by atoms with Crippen LogP contribution in [0.4, 0.5) is 13.2 Å². The van der Waals surface area contributed by atoms with Crippen molar-refractivity contribution in [3.05, 3.63) is 54.1 Å². The van der Waals surface area contributed by atoms with Crippen LogP contribution in [0, 0.1) is 0 Å². The Morgan fingerprint density at radius 2 is 1.94 bits per heavy atom. The number of hydrogen-bond donors (Lipinski definition) is 0. The van der Waals surface area contributed by atoms with Crippen LogP contribution in [0.15, 0.2) is 47.4 Å². The molecular weight excluding hydrogens is 417 g/mol. The van der Waals surface area contributed by atoms with E-state index in [0.29, 0.717) is 28.9 Å². The van der Waals surface area contributed by atoms with Crippen molar-refractivity contribution in [1.82, 2.24) is 29.9 Å². The maximum atomic E-state index is 12.7. The fourth-order valence-corrected chi connectivity index (χ4v) is 2.75. The Labute approximate surface area is 173 Å². The number of halogens is 3. The zero-order valence-electron chi connectivity index (χ0n) is 16.3. The molecule has 4 heterocycles. The molecule has 0 radical (unpaired) electrons. The van der Waals surface area contributed by atoms with Crippen LogP contribution in [0.5, 0.6) is 11.8 Å². The van der Waals surface area contributed by atoms with Gasteiger partial charge in [0, 0.05) is 25.5 Å². The Morgan fingerprint density at radius 1 is 1.10 bits per heavy atom. The van der Waals surface area contributed by atoms with E-state index in [9.17, 15) is 13.2 Å². The first kappa shape index (κ1) is 20.3. The third kappa shape index (κ3) is 4.17. The van der Waals surface area contributed by atoms with Crippen molar-refractivity contribution < 1.29 is 27.2 Å². The predicted molar refractivity (Wildman–Crippen MR) is 99.9 cm³/mol. The molecule has 0 aliphatic carbocycles. The van der Waals surface area contributed by atoms with Crippen LogP contribution in [-0.2, 0) is 19.8 Å². The van der Waals surface area contributed by atoms with Crippen LogP contribution in [0.25, 0.3) is 22.8 Å². The molecule has 0 unspecified atom stereocenters. The summed E-state index contributed by atoms with van der Waals surface area (Å²) in [7, 11) is 3.17. The first-order valence-electron chi connectivity index (χ1n) is 8.87. The van der Waals surface area contributed by atoms with Crippen molar-refractivity contribution in [3.63, 3.8) is 0 Å². The molecule has 0 saturated heterocycles. The third-order valence-corrected chi connectivity index (χ3v) is 4.34. The fourth-order valence-electron chi connectivity index (χ4n) is 2.75. The average molecular weight is 432 g/mol. The first-order chi connectivity index (χ1) is 14.9. The summed E-state index contributed by atoms with van der Waals surface area (Å²) in [4.78, 5) is 12.2. The number of ether oxygens (including phenoxy) is 2. The van der Waals surface area contributed by atoms with Gasteiger partial charge in [0.15, 0.2) is 0 Å². The summed E-state index contributed by atoms with van der Waals surface area (Å²) < 4.78 is 55.6. The highest BCUT2D eigenvalue weighted by molar-refractivity contribution is 5.64. The van der Waals surface area contributed by atoms with E-state index in [1.807, 2.05) is 0 Å². The summed E-state index contributed by atoms with van der Waals surface area (Å²) in [5.41, 5.74) is 0.770. The van der Waals surface area contributed by atoms with Crippen molar-refractivity contribution in [2.24, 2.45) is 7.05 Å². The summed E-state index contributed by atoms with van der Waals surface area (Å²) >= 11 is 0. The minimum absolute atomic E-state index is 0.0296. The SMILES string of the molecule is COc1ncccc1-c1noc(-c2cnn(C)c2COc2ccc(C(F)(F)F)cn2)n1. The van der Waals surface area contributed by atoms with Crippen LogP contribution in [0.1, 0.15) is 11.3 Å². The average Bonchev–Trinajstić information content (AvgIpc) is 3.38. The molecule has 0 N–H and O–H groups in total. The number of methoxy groups -OCH3 is 1. The molecule has 0 aliphatic heterocycles. The Kier molecular flexibility index (Phi) is 5.28. The lowest BCUT2D eigenvalue weighted by Crippen LogP contribution is -2.07. The molecular formula is C19H15F3N6O3. The molecule has 0 atom stereocenters. The molecule has 12 heteroatoms. The van der Waals surface area contributed by atoms with Gasteiger partial charge in [-0.2, -0.15) is 23.3 Å². The van der Waals surface area contributed by atoms with Crippen LogP contribution in [0.3, 0.4) is 0 Å². The van der Waals surface area contributed by atoms with Gasteiger partial charge < -0.3 is 14.0 Å². The van der Waals surface area contributed by atoms with E-state index < -0.39 is 11.7 Å². The van der Waals surface area contributed by atoms with Gasteiger partial charge in [-0.05, 0) is 18.2 Å². The standard InChI is InChI=1S/C19H15F3N6O3/c1-28-14(10-30-15-6-5-11(8-24-15)19(20,21)22)13(9-25-28)18-26-16(27-31-18)12-4-3-7-23-17(12)29-2/h3-9H,10H2,1-2H3. The lowest BCUT2D eigenvalue weighted by Gasteiger charge is -2.09. The fraction of sp³-hybridized carbons (Fsp3) is 0.211. The molecule has 4 rings (SSSR count). The number of hydrogen-bond acceptors (Lipinski definition) is 8. The minimum atomic E-state index is -4.46. The zero-order valence-corrected chi connectivity index (χ0v) is 16.3. The smallest absolute Gasteiger partial charge is 0.417 e. The zero-order chi connectivity index (χ0) is 22.0. The van der Waals surface area contributed by atoms with Crippen molar-refractivity contribution in [3.8, 4) is 34.6 Å². The van der Waals surface area contributed by atoms with E-state index in [-0.39, 0.29) is 24.2 Å². The van der Waals surface area contributed by atoms with E-state index in [0.717, 1.165) is 12.1 Å². The summed E-state index contributed by atoms with van der Waals surface area (Å²) in [6.07, 6.45) is -0.649. The highest BCUT2D eigenvalue weighted by atomic mass is 19.4. The summed E-state index contributed by atoms with van der Waals surface area (Å²) in [5, 5.41) is 8.14. The molecule has 0 amide bonds. The molecule has 0 spiro atoms. The lowest BCUT2D eigenvalue weighted by atomic mass is 10.2. The quantitative estimate of drug-likeness (QED) is 0.456. The van der Waals surface area contributed by atoms with Gasteiger partial charge in [-0.15, -0.1) is 0 Å². The molecule has 31 heavy (non-hydrogen) atoms. The molecule has 0 bridgehead atoms. The largest absolute Gasteiger partial charge is 0.480 e. The number of alkyl halides is 3. The van der Waals surface area contributed by atoms with Gasteiger partial charge in [0.1, 0.15) is 6.61 Å². The van der Waals surface area contributed by atoms with Gasteiger partial charge in [0.25, 0.3) is 5.89 Å². The van der Waals surface area contributed by atoms with Crippen LogP contribution < -0.4 is 9.47 Å². The maximum Gasteiger partial charge on any atom is 0.417 e. The van der Waals surface area contributed by atoms with E-state index in [2.05, 4.69) is 25.2 Å². The Bertz CT molecular complexity index is 1190. The highest BCUT2D eigenvalue weighted by Gasteiger charge is 2.30. The predicted octanol–water partition coefficient (Wildman–Crippen LogP) is 3.53. The molecule has 0 saturated carbocycles. The molecule has 4 aromatic heterocycles. The Morgan fingerprint density at radius 3 is 2.65 bits per heavy atom. The van der Waals surface area contributed by atoms with Gasteiger partial charge >= 0.3 is 6.18 Å². The van der Waals surface area contributed by atoms with Crippen molar-refractivity contribution >= 4 is 0 Å². The molecule has 0 aromatic carbocycles. The summed E-state index contributed by atoms with van der Waals surface area (Å²) in [6, 6.07) is 5.51. The van der Waals surface area contributed by atoms with Crippen LogP contribution in [-0.4, -0.2) is 37.0 Å². The van der Waals surface area contributed by atoms with E-state index in [1.165, 1.54) is 18.0 Å². The normalized spacial score (nSPS) is 11.5.